The molecule has 0 radical (unpaired) electrons. The number of nitrogens with zero attached hydrogens (tertiary/aromatic N) is 2. The molecule has 134 valence electrons. The van der Waals surface area contributed by atoms with Crippen molar-refractivity contribution < 1.29 is 8.42 Å². The minimum atomic E-state index is -3.52. The van der Waals surface area contributed by atoms with Crippen LogP contribution in [0.5, 0.6) is 0 Å². The summed E-state index contributed by atoms with van der Waals surface area (Å²) in [6.07, 6.45) is 6.32. The molecule has 0 N–H and O–H groups in total. The second-order valence-electron chi connectivity index (χ2n) is 7.91. The Balaban J connectivity index is 2.30. The van der Waals surface area contributed by atoms with E-state index in [1.165, 1.54) is 21.9 Å². The van der Waals surface area contributed by atoms with Crippen LogP contribution in [0.15, 0.2) is 12.1 Å². The van der Waals surface area contributed by atoms with Gasteiger partial charge in [-0.15, -0.1) is 0 Å². The monoisotopic (exact) mass is 350 g/mol. The Morgan fingerprint density at radius 1 is 1.08 bits per heavy atom. The van der Waals surface area contributed by atoms with E-state index < -0.39 is 10.2 Å². The number of aryl methyl sites for hydroxylation is 2. The number of benzene rings is 1. The van der Waals surface area contributed by atoms with E-state index in [0.29, 0.717) is 5.92 Å². The highest BCUT2D eigenvalue weighted by molar-refractivity contribution is 7.90. The first-order valence-corrected chi connectivity index (χ1v) is 10.4. The Kier molecular flexibility index (Phi) is 4.45. The van der Waals surface area contributed by atoms with Crippen LogP contribution < -0.4 is 4.31 Å². The minimum absolute atomic E-state index is 0.258. The van der Waals surface area contributed by atoms with Crippen molar-refractivity contribution in [1.82, 2.24) is 4.31 Å². The fraction of sp³-hybridized carbons (Fsp3) is 0.684. The smallest absolute Gasteiger partial charge is 0.251 e. The van der Waals surface area contributed by atoms with Crippen LogP contribution in [0.4, 0.5) is 5.69 Å². The number of rotatable bonds is 2. The van der Waals surface area contributed by atoms with Gasteiger partial charge in [-0.1, -0.05) is 38.3 Å². The van der Waals surface area contributed by atoms with Crippen LogP contribution in [0.2, 0.25) is 0 Å². The Hall–Kier alpha value is -1.07. The molecule has 1 heterocycles. The van der Waals surface area contributed by atoms with Crippen molar-refractivity contribution in [3.05, 3.63) is 28.8 Å². The molecule has 0 bridgehead atoms. The van der Waals surface area contributed by atoms with Crippen molar-refractivity contribution in [1.29, 1.82) is 0 Å². The molecule has 3 rings (SSSR count). The van der Waals surface area contributed by atoms with Gasteiger partial charge in [-0.2, -0.15) is 12.7 Å². The molecule has 1 unspecified atom stereocenters. The van der Waals surface area contributed by atoms with Crippen molar-refractivity contribution in [2.45, 2.75) is 70.8 Å². The zero-order valence-electron chi connectivity index (χ0n) is 15.6. The van der Waals surface area contributed by atoms with Gasteiger partial charge in [-0.05, 0) is 55.7 Å². The molecule has 1 aromatic carbocycles. The Morgan fingerprint density at radius 3 is 2.25 bits per heavy atom. The summed E-state index contributed by atoms with van der Waals surface area (Å²) in [5, 5.41) is 0. The highest BCUT2D eigenvalue weighted by Gasteiger charge is 2.50. The van der Waals surface area contributed by atoms with Crippen LogP contribution in [0.1, 0.15) is 68.1 Å². The molecule has 1 fully saturated rings. The molecule has 1 aliphatic heterocycles. The van der Waals surface area contributed by atoms with Crippen LogP contribution >= 0.6 is 0 Å². The SMILES string of the molecule is Cc1ccc(C)c2c1C(C)CC1(CCCCC1)N2S(=O)(=O)N(C)C. The van der Waals surface area contributed by atoms with E-state index in [-0.39, 0.29) is 5.54 Å². The largest absolute Gasteiger partial charge is 0.304 e. The number of hydrogen-bond donors (Lipinski definition) is 0. The van der Waals surface area contributed by atoms with E-state index in [2.05, 4.69) is 26.0 Å². The molecule has 4 nitrogen and oxygen atoms in total. The maximum atomic E-state index is 13.3. The molecular weight excluding hydrogens is 320 g/mol. The molecule has 5 heteroatoms. The molecule has 1 aromatic rings. The van der Waals surface area contributed by atoms with E-state index in [9.17, 15) is 8.42 Å². The topological polar surface area (TPSA) is 40.6 Å². The lowest BCUT2D eigenvalue weighted by atomic mass is 9.70. The van der Waals surface area contributed by atoms with Crippen LogP contribution in [0, 0.1) is 13.8 Å². The van der Waals surface area contributed by atoms with Gasteiger partial charge in [0.05, 0.1) is 11.2 Å². The Morgan fingerprint density at radius 2 is 1.67 bits per heavy atom. The van der Waals surface area contributed by atoms with Crippen LogP contribution in [0.3, 0.4) is 0 Å². The minimum Gasteiger partial charge on any atom is -0.251 e. The Labute approximate surface area is 147 Å². The summed E-state index contributed by atoms with van der Waals surface area (Å²) >= 11 is 0. The van der Waals surface area contributed by atoms with Crippen LogP contribution in [0.25, 0.3) is 0 Å². The number of fused-ring (bicyclic) bond motifs is 1. The fourth-order valence-electron chi connectivity index (χ4n) is 4.84. The fourth-order valence-corrected chi connectivity index (χ4v) is 6.39. The molecule has 1 atom stereocenters. The van der Waals surface area contributed by atoms with Crippen molar-refractivity contribution in [2.75, 3.05) is 18.4 Å². The van der Waals surface area contributed by atoms with E-state index >= 15 is 0 Å². The summed E-state index contributed by atoms with van der Waals surface area (Å²) in [5.41, 5.74) is 4.18. The second-order valence-corrected chi connectivity index (χ2v) is 9.90. The van der Waals surface area contributed by atoms with Crippen molar-refractivity contribution >= 4 is 15.9 Å². The van der Waals surface area contributed by atoms with Crippen molar-refractivity contribution in [2.24, 2.45) is 0 Å². The standard InChI is InChI=1S/C19H30N2O2S/c1-14-9-10-15(2)18-17(14)16(3)13-19(11-7-6-8-12-19)21(18)24(22,23)20(4)5/h9-10,16H,6-8,11-13H2,1-5H3. The van der Waals surface area contributed by atoms with Gasteiger partial charge in [0.1, 0.15) is 0 Å². The third-order valence-electron chi connectivity index (χ3n) is 5.93. The first kappa shape index (κ1) is 17.7. The lowest BCUT2D eigenvalue weighted by Crippen LogP contribution is -2.59. The van der Waals surface area contributed by atoms with E-state index in [4.69, 9.17) is 0 Å². The van der Waals surface area contributed by atoms with Gasteiger partial charge in [0.15, 0.2) is 0 Å². The molecule has 24 heavy (non-hydrogen) atoms. The average molecular weight is 351 g/mol. The maximum Gasteiger partial charge on any atom is 0.304 e. The summed E-state index contributed by atoms with van der Waals surface area (Å²) < 4.78 is 29.9. The van der Waals surface area contributed by atoms with E-state index in [1.54, 1.807) is 14.1 Å². The predicted octanol–water partition coefficient (Wildman–Crippen LogP) is 4.13. The summed E-state index contributed by atoms with van der Waals surface area (Å²) in [5.74, 6) is 0.395. The summed E-state index contributed by atoms with van der Waals surface area (Å²) in [7, 11) is -0.222. The molecule has 1 spiro atoms. The average Bonchev–Trinajstić information content (AvgIpc) is 2.51. The molecule has 0 saturated heterocycles. The second kappa shape index (κ2) is 6.03. The van der Waals surface area contributed by atoms with Gasteiger partial charge in [-0.3, -0.25) is 4.31 Å². The zero-order valence-corrected chi connectivity index (χ0v) is 16.4. The first-order valence-electron chi connectivity index (χ1n) is 9.04. The van der Waals surface area contributed by atoms with Crippen LogP contribution in [-0.2, 0) is 10.2 Å². The van der Waals surface area contributed by atoms with Crippen molar-refractivity contribution in [3.8, 4) is 0 Å². The summed E-state index contributed by atoms with van der Waals surface area (Å²) in [6, 6.07) is 4.20. The quantitative estimate of drug-likeness (QED) is 0.805. The summed E-state index contributed by atoms with van der Waals surface area (Å²) in [4.78, 5) is 0. The van der Waals surface area contributed by atoms with Gasteiger partial charge in [0.2, 0.25) is 0 Å². The van der Waals surface area contributed by atoms with Gasteiger partial charge in [-0.25, -0.2) is 0 Å². The normalized spacial score (nSPS) is 23.6. The third kappa shape index (κ3) is 2.57. The number of anilines is 1. The van der Waals surface area contributed by atoms with E-state index in [0.717, 1.165) is 43.4 Å². The molecule has 1 aliphatic carbocycles. The van der Waals surface area contributed by atoms with Crippen molar-refractivity contribution in [3.63, 3.8) is 0 Å². The highest BCUT2D eigenvalue weighted by Crippen LogP contribution is 2.52. The number of hydrogen-bond acceptors (Lipinski definition) is 2. The molecule has 1 saturated carbocycles. The molecule has 0 amide bonds. The lowest BCUT2D eigenvalue weighted by Gasteiger charge is -2.53. The summed E-state index contributed by atoms with van der Waals surface area (Å²) in [6.45, 7) is 6.42. The van der Waals surface area contributed by atoms with Gasteiger partial charge < -0.3 is 0 Å². The van der Waals surface area contributed by atoms with Gasteiger partial charge in [0, 0.05) is 14.1 Å². The van der Waals surface area contributed by atoms with Gasteiger partial charge >= 0.3 is 10.2 Å². The predicted molar refractivity (Wildman–Crippen MR) is 99.8 cm³/mol. The molecule has 2 aliphatic rings. The highest BCUT2D eigenvalue weighted by atomic mass is 32.2. The lowest BCUT2D eigenvalue weighted by molar-refractivity contribution is 0.254. The molecule has 0 aromatic heterocycles. The maximum absolute atomic E-state index is 13.3. The van der Waals surface area contributed by atoms with Gasteiger partial charge in [0.25, 0.3) is 0 Å². The Bertz CT molecular complexity index is 734. The third-order valence-corrected chi connectivity index (χ3v) is 7.88. The zero-order chi connectivity index (χ0) is 17.7. The molecular formula is C19H30N2O2S. The first-order chi connectivity index (χ1) is 11.2. The van der Waals surface area contributed by atoms with Crippen LogP contribution in [-0.4, -0.2) is 32.4 Å². The van der Waals surface area contributed by atoms with E-state index in [1.807, 2.05) is 11.2 Å².